The van der Waals surface area contributed by atoms with Crippen molar-refractivity contribution in [3.05, 3.63) is 66.2 Å². The van der Waals surface area contributed by atoms with Crippen molar-refractivity contribution in [3.8, 4) is 5.75 Å². The average molecular weight is 374 g/mol. The van der Waals surface area contributed by atoms with Crippen LogP contribution in [0.2, 0.25) is 0 Å². The molecule has 0 radical (unpaired) electrons. The van der Waals surface area contributed by atoms with Gasteiger partial charge < -0.3 is 9.08 Å². The molecule has 1 aliphatic heterocycles. The minimum absolute atomic E-state index is 0.0188. The summed E-state index contributed by atoms with van der Waals surface area (Å²) in [6.07, 6.45) is 0. The Hall–Kier alpha value is -2.38. The van der Waals surface area contributed by atoms with Crippen LogP contribution in [-0.2, 0) is 10.1 Å². The molecule has 3 rings (SSSR count). The maximum Gasteiger partial charge on any atom is 0.310 e. The van der Waals surface area contributed by atoms with E-state index in [1.807, 2.05) is 35.2 Å². The Morgan fingerprint density at radius 2 is 1.46 bits per heavy atom. The zero-order valence-corrected chi connectivity index (χ0v) is 15.3. The summed E-state index contributed by atoms with van der Waals surface area (Å²) in [5.41, 5.74) is 0.680. The number of rotatable bonds is 6. The van der Waals surface area contributed by atoms with Gasteiger partial charge in [0, 0.05) is 38.3 Å². The molecule has 2 aromatic carbocycles. The largest absolute Gasteiger partial charge is 0.382 e. The maximum atomic E-state index is 12.4. The molecule has 138 valence electrons. The quantitative estimate of drug-likeness (QED) is 0.722. The summed E-state index contributed by atoms with van der Waals surface area (Å²) < 4.78 is 29.3. The van der Waals surface area contributed by atoms with Crippen molar-refractivity contribution in [1.29, 1.82) is 0 Å². The minimum Gasteiger partial charge on any atom is -0.382 e. The summed E-state index contributed by atoms with van der Waals surface area (Å²) in [4.78, 5) is 16.3. The number of hydrogen-bond acceptors (Lipinski definition) is 5. The van der Waals surface area contributed by atoms with E-state index in [2.05, 4.69) is 0 Å². The smallest absolute Gasteiger partial charge is 0.310 e. The van der Waals surface area contributed by atoms with Gasteiger partial charge in [-0.3, -0.25) is 9.69 Å². The third-order valence-corrected chi connectivity index (χ3v) is 5.43. The second-order valence-electron chi connectivity index (χ2n) is 6.16. The van der Waals surface area contributed by atoms with Crippen LogP contribution in [0.1, 0.15) is 10.4 Å². The molecule has 26 heavy (non-hydrogen) atoms. The van der Waals surface area contributed by atoms with Gasteiger partial charge in [0.25, 0.3) is 5.91 Å². The fourth-order valence-corrected chi connectivity index (χ4v) is 3.81. The lowest BCUT2D eigenvalue weighted by Crippen LogP contribution is -2.49. The molecule has 0 bridgehead atoms. The second kappa shape index (κ2) is 8.33. The summed E-state index contributed by atoms with van der Waals surface area (Å²) in [5.74, 6) is 0.269. The van der Waals surface area contributed by atoms with E-state index in [0.717, 1.165) is 0 Å². The van der Waals surface area contributed by atoms with Gasteiger partial charge in [0.15, 0.2) is 0 Å². The molecule has 0 atom stereocenters. The SMILES string of the molecule is O=C(c1ccccc1)N1CCN(CCS(=O)(=O)Oc2ccccc2)CC1. The van der Waals surface area contributed by atoms with Crippen LogP contribution >= 0.6 is 0 Å². The van der Waals surface area contributed by atoms with Gasteiger partial charge in [-0.25, -0.2) is 0 Å². The van der Waals surface area contributed by atoms with Gasteiger partial charge in [-0.1, -0.05) is 36.4 Å². The Morgan fingerprint density at radius 1 is 0.885 bits per heavy atom. The van der Waals surface area contributed by atoms with E-state index in [4.69, 9.17) is 4.18 Å². The summed E-state index contributed by atoms with van der Waals surface area (Å²) >= 11 is 0. The highest BCUT2D eigenvalue weighted by Gasteiger charge is 2.23. The molecule has 0 saturated carbocycles. The van der Waals surface area contributed by atoms with E-state index in [-0.39, 0.29) is 11.7 Å². The van der Waals surface area contributed by atoms with Gasteiger partial charge in [-0.05, 0) is 24.3 Å². The van der Waals surface area contributed by atoms with E-state index in [1.165, 1.54) is 0 Å². The van der Waals surface area contributed by atoms with E-state index >= 15 is 0 Å². The number of carbonyl (C=O) groups excluding carboxylic acids is 1. The molecule has 0 aliphatic carbocycles. The topological polar surface area (TPSA) is 66.9 Å². The highest BCUT2D eigenvalue weighted by Crippen LogP contribution is 2.13. The molecule has 1 fully saturated rings. The molecule has 1 heterocycles. The number of hydrogen-bond donors (Lipinski definition) is 0. The lowest BCUT2D eigenvalue weighted by molar-refractivity contribution is 0.0643. The molecule has 6 nitrogen and oxygen atoms in total. The maximum absolute atomic E-state index is 12.4. The monoisotopic (exact) mass is 374 g/mol. The van der Waals surface area contributed by atoms with Gasteiger partial charge in [-0.2, -0.15) is 8.42 Å². The second-order valence-corrected chi connectivity index (χ2v) is 7.85. The van der Waals surface area contributed by atoms with Crippen molar-refractivity contribution in [2.24, 2.45) is 0 Å². The Kier molecular flexibility index (Phi) is 5.90. The predicted octanol–water partition coefficient (Wildman–Crippen LogP) is 1.85. The third kappa shape index (κ3) is 5.06. The van der Waals surface area contributed by atoms with Crippen LogP contribution in [0.25, 0.3) is 0 Å². The zero-order chi connectivity index (χ0) is 18.4. The highest BCUT2D eigenvalue weighted by molar-refractivity contribution is 7.87. The fraction of sp³-hybridized carbons (Fsp3) is 0.316. The Bertz CT molecular complexity index is 817. The van der Waals surface area contributed by atoms with Crippen LogP contribution in [-0.4, -0.2) is 62.6 Å². The molecule has 7 heteroatoms. The molecular formula is C19H22N2O4S. The number of nitrogens with zero attached hydrogens (tertiary/aromatic N) is 2. The summed E-state index contributed by atoms with van der Waals surface area (Å²) in [5, 5.41) is 0. The van der Waals surface area contributed by atoms with Crippen molar-refractivity contribution >= 4 is 16.0 Å². The normalized spacial score (nSPS) is 15.6. The number of para-hydroxylation sites is 1. The molecule has 1 aliphatic rings. The van der Waals surface area contributed by atoms with Crippen LogP contribution in [0.15, 0.2) is 60.7 Å². The first-order valence-corrected chi connectivity index (χ1v) is 10.2. The van der Waals surface area contributed by atoms with Crippen LogP contribution in [0.4, 0.5) is 0 Å². The first kappa shape index (κ1) is 18.4. The van der Waals surface area contributed by atoms with Crippen LogP contribution in [0.5, 0.6) is 5.75 Å². The highest BCUT2D eigenvalue weighted by atomic mass is 32.2. The third-order valence-electron chi connectivity index (χ3n) is 4.30. The Labute approximate surface area is 154 Å². The van der Waals surface area contributed by atoms with E-state index in [1.54, 1.807) is 35.2 Å². The molecule has 1 saturated heterocycles. The molecule has 2 aromatic rings. The minimum atomic E-state index is -3.63. The molecular weight excluding hydrogens is 352 g/mol. The molecule has 0 aromatic heterocycles. The van der Waals surface area contributed by atoms with Crippen LogP contribution in [0.3, 0.4) is 0 Å². The lowest BCUT2D eigenvalue weighted by Gasteiger charge is -2.34. The molecule has 0 N–H and O–H groups in total. The lowest BCUT2D eigenvalue weighted by atomic mass is 10.2. The van der Waals surface area contributed by atoms with Gasteiger partial charge >= 0.3 is 10.1 Å². The van der Waals surface area contributed by atoms with Crippen molar-refractivity contribution in [3.63, 3.8) is 0 Å². The Morgan fingerprint density at radius 3 is 2.08 bits per heavy atom. The predicted molar refractivity (Wildman–Crippen MR) is 99.6 cm³/mol. The van der Waals surface area contributed by atoms with Gasteiger partial charge in [0.05, 0.1) is 5.75 Å². The average Bonchev–Trinajstić information content (AvgIpc) is 2.67. The van der Waals surface area contributed by atoms with Crippen LogP contribution in [0, 0.1) is 0 Å². The van der Waals surface area contributed by atoms with E-state index in [0.29, 0.717) is 44.0 Å². The van der Waals surface area contributed by atoms with E-state index < -0.39 is 10.1 Å². The number of carbonyl (C=O) groups is 1. The summed E-state index contributed by atoms with van der Waals surface area (Å²) in [7, 11) is -3.63. The number of benzene rings is 2. The standard InChI is InChI=1S/C19H22N2O4S/c22-19(17-7-3-1-4-8-17)21-13-11-20(12-14-21)15-16-26(23,24)25-18-9-5-2-6-10-18/h1-10H,11-16H2. The number of amides is 1. The van der Waals surface area contributed by atoms with Crippen molar-refractivity contribution < 1.29 is 17.4 Å². The van der Waals surface area contributed by atoms with Crippen molar-refractivity contribution in [1.82, 2.24) is 9.80 Å². The van der Waals surface area contributed by atoms with Gasteiger partial charge in [0.1, 0.15) is 5.75 Å². The molecule has 1 amide bonds. The zero-order valence-electron chi connectivity index (χ0n) is 14.5. The van der Waals surface area contributed by atoms with Crippen molar-refractivity contribution in [2.75, 3.05) is 38.5 Å². The number of piperazine rings is 1. The van der Waals surface area contributed by atoms with E-state index in [9.17, 15) is 13.2 Å². The first-order chi connectivity index (χ1) is 12.5. The van der Waals surface area contributed by atoms with Crippen LogP contribution < -0.4 is 4.18 Å². The van der Waals surface area contributed by atoms with Crippen molar-refractivity contribution in [2.45, 2.75) is 0 Å². The molecule has 0 spiro atoms. The fourth-order valence-electron chi connectivity index (χ4n) is 2.84. The molecule has 0 unspecified atom stereocenters. The van der Waals surface area contributed by atoms with Gasteiger partial charge in [0.2, 0.25) is 0 Å². The Balaban J connectivity index is 1.46. The first-order valence-electron chi connectivity index (χ1n) is 8.57. The van der Waals surface area contributed by atoms with Gasteiger partial charge in [-0.15, -0.1) is 0 Å². The summed E-state index contributed by atoms with van der Waals surface area (Å²) in [6, 6.07) is 17.7. The summed E-state index contributed by atoms with van der Waals surface area (Å²) in [6.45, 7) is 2.88.